The van der Waals surface area contributed by atoms with E-state index in [1.165, 1.54) is 7.05 Å². The Morgan fingerprint density at radius 3 is 2.04 bits per heavy atom. The van der Waals surface area contributed by atoms with Crippen molar-refractivity contribution in [3.8, 4) is 0 Å². The first kappa shape index (κ1) is 18.9. The molecule has 1 aliphatic rings. The molecule has 25 heavy (non-hydrogen) atoms. The molecule has 1 aromatic rings. The van der Waals surface area contributed by atoms with Crippen molar-refractivity contribution in [2.45, 2.75) is 6.54 Å². The van der Waals surface area contributed by atoms with E-state index in [4.69, 9.17) is 0 Å². The number of carbonyl (C=O) groups is 3. The molecule has 4 amide bonds. The van der Waals surface area contributed by atoms with Gasteiger partial charge in [0.15, 0.2) is 0 Å². The second-order valence-electron chi connectivity index (χ2n) is 5.94. The molecule has 2 rings (SSSR count). The number of amides is 4. The van der Waals surface area contributed by atoms with Crippen LogP contribution in [0.5, 0.6) is 0 Å². The van der Waals surface area contributed by atoms with Gasteiger partial charge in [0, 0.05) is 39.8 Å². The maximum absolute atomic E-state index is 12.0. The van der Waals surface area contributed by atoms with Crippen LogP contribution in [-0.2, 0) is 16.1 Å². The van der Waals surface area contributed by atoms with Crippen molar-refractivity contribution >= 4 is 17.8 Å². The van der Waals surface area contributed by atoms with E-state index in [9.17, 15) is 14.4 Å². The molecule has 0 atom stereocenters. The minimum atomic E-state index is -0.501. The Morgan fingerprint density at radius 1 is 0.920 bits per heavy atom. The molecule has 1 saturated heterocycles. The SMILES string of the molecule is CNC(=O)NC(=O)CN1CCN(CC(=O)NCc2ccccc2)CC1. The summed E-state index contributed by atoms with van der Waals surface area (Å²) in [5.74, 6) is -0.330. The van der Waals surface area contributed by atoms with Gasteiger partial charge in [-0.15, -0.1) is 0 Å². The lowest BCUT2D eigenvalue weighted by molar-refractivity contribution is -0.124. The molecule has 8 heteroatoms. The summed E-state index contributed by atoms with van der Waals surface area (Å²) < 4.78 is 0. The van der Waals surface area contributed by atoms with Crippen molar-refractivity contribution in [3.63, 3.8) is 0 Å². The Labute approximate surface area is 147 Å². The van der Waals surface area contributed by atoms with E-state index < -0.39 is 6.03 Å². The molecule has 1 heterocycles. The predicted octanol–water partition coefficient (Wildman–Crippen LogP) is -0.624. The molecule has 0 aliphatic carbocycles. The standard InChI is InChI=1S/C17H25N5O3/c1-18-17(25)20-16(24)13-22-9-7-21(8-10-22)12-15(23)19-11-14-5-3-2-4-6-14/h2-6H,7-13H2,1H3,(H,19,23)(H2,18,20,24,25). The summed E-state index contributed by atoms with van der Waals surface area (Å²) in [6, 6.07) is 9.28. The van der Waals surface area contributed by atoms with Gasteiger partial charge in [0.25, 0.3) is 0 Å². The van der Waals surface area contributed by atoms with E-state index in [-0.39, 0.29) is 18.4 Å². The van der Waals surface area contributed by atoms with Gasteiger partial charge in [-0.3, -0.25) is 24.7 Å². The molecule has 1 aliphatic heterocycles. The quantitative estimate of drug-likeness (QED) is 0.637. The second-order valence-corrected chi connectivity index (χ2v) is 5.94. The predicted molar refractivity (Wildman–Crippen MR) is 93.8 cm³/mol. The lowest BCUT2D eigenvalue weighted by Gasteiger charge is -2.33. The van der Waals surface area contributed by atoms with Gasteiger partial charge >= 0.3 is 6.03 Å². The van der Waals surface area contributed by atoms with Gasteiger partial charge < -0.3 is 10.6 Å². The largest absolute Gasteiger partial charge is 0.351 e. The number of piperazine rings is 1. The number of rotatable bonds is 6. The zero-order valence-electron chi connectivity index (χ0n) is 14.5. The van der Waals surface area contributed by atoms with Gasteiger partial charge in [-0.2, -0.15) is 0 Å². The van der Waals surface area contributed by atoms with Crippen LogP contribution in [-0.4, -0.2) is 74.0 Å². The van der Waals surface area contributed by atoms with E-state index in [1.54, 1.807) is 0 Å². The third-order valence-electron chi connectivity index (χ3n) is 4.01. The normalized spacial score (nSPS) is 15.4. The van der Waals surface area contributed by atoms with Crippen molar-refractivity contribution < 1.29 is 14.4 Å². The van der Waals surface area contributed by atoms with Crippen LogP contribution in [0, 0.1) is 0 Å². The topological polar surface area (TPSA) is 93.8 Å². The summed E-state index contributed by atoms with van der Waals surface area (Å²) in [7, 11) is 1.46. The number of carbonyl (C=O) groups excluding carboxylic acids is 3. The Hall–Kier alpha value is -2.45. The monoisotopic (exact) mass is 347 g/mol. The molecular weight excluding hydrogens is 322 g/mol. The number of imide groups is 1. The van der Waals surface area contributed by atoms with Crippen molar-refractivity contribution in [2.24, 2.45) is 0 Å². The van der Waals surface area contributed by atoms with Gasteiger partial charge in [0.2, 0.25) is 11.8 Å². The molecule has 1 fully saturated rings. The highest BCUT2D eigenvalue weighted by Gasteiger charge is 2.21. The summed E-state index contributed by atoms with van der Waals surface area (Å²) in [6.07, 6.45) is 0. The molecule has 3 N–H and O–H groups in total. The third kappa shape index (κ3) is 6.90. The first-order valence-electron chi connectivity index (χ1n) is 8.33. The van der Waals surface area contributed by atoms with E-state index in [2.05, 4.69) is 20.9 Å². The highest BCUT2D eigenvalue weighted by atomic mass is 16.2. The summed E-state index contributed by atoms with van der Waals surface area (Å²) in [5, 5.41) is 7.50. The van der Waals surface area contributed by atoms with Crippen LogP contribution in [0.4, 0.5) is 4.79 Å². The van der Waals surface area contributed by atoms with Crippen LogP contribution in [0.3, 0.4) is 0 Å². The lowest BCUT2D eigenvalue weighted by atomic mass is 10.2. The molecule has 136 valence electrons. The maximum Gasteiger partial charge on any atom is 0.321 e. The number of urea groups is 1. The third-order valence-corrected chi connectivity index (χ3v) is 4.01. The fourth-order valence-corrected chi connectivity index (χ4v) is 2.59. The summed E-state index contributed by atoms with van der Waals surface area (Å²) in [4.78, 5) is 38.8. The first-order valence-corrected chi connectivity index (χ1v) is 8.33. The van der Waals surface area contributed by atoms with Gasteiger partial charge in [-0.25, -0.2) is 4.79 Å². The maximum atomic E-state index is 12.0. The smallest absolute Gasteiger partial charge is 0.321 e. The number of benzene rings is 1. The summed E-state index contributed by atoms with van der Waals surface area (Å²) in [5.41, 5.74) is 1.07. The Balaban J connectivity index is 1.63. The highest BCUT2D eigenvalue weighted by Crippen LogP contribution is 2.02. The molecule has 0 saturated carbocycles. The fourth-order valence-electron chi connectivity index (χ4n) is 2.59. The zero-order chi connectivity index (χ0) is 18.1. The first-order chi connectivity index (χ1) is 12.1. The van der Waals surface area contributed by atoms with Crippen molar-refractivity contribution in [1.82, 2.24) is 25.8 Å². The molecular formula is C17H25N5O3. The molecule has 1 aromatic carbocycles. The van der Waals surface area contributed by atoms with E-state index in [1.807, 2.05) is 35.2 Å². The van der Waals surface area contributed by atoms with E-state index in [0.717, 1.165) is 5.56 Å². The summed E-state index contributed by atoms with van der Waals surface area (Å²) in [6.45, 7) is 3.87. The van der Waals surface area contributed by atoms with Crippen LogP contribution >= 0.6 is 0 Å². The van der Waals surface area contributed by atoms with Crippen LogP contribution in [0.25, 0.3) is 0 Å². The Kier molecular flexibility index (Phi) is 7.36. The Bertz CT molecular complexity index is 585. The van der Waals surface area contributed by atoms with Crippen molar-refractivity contribution in [2.75, 3.05) is 46.3 Å². The molecule has 0 aromatic heterocycles. The fraction of sp³-hybridized carbons (Fsp3) is 0.471. The number of nitrogens with zero attached hydrogens (tertiary/aromatic N) is 2. The average molecular weight is 347 g/mol. The van der Waals surface area contributed by atoms with Crippen molar-refractivity contribution in [1.29, 1.82) is 0 Å². The molecule has 0 bridgehead atoms. The molecule has 0 radical (unpaired) electrons. The lowest BCUT2D eigenvalue weighted by Crippen LogP contribution is -2.52. The zero-order valence-corrected chi connectivity index (χ0v) is 14.5. The number of hydrogen-bond donors (Lipinski definition) is 3. The van der Waals surface area contributed by atoms with E-state index in [0.29, 0.717) is 39.3 Å². The highest BCUT2D eigenvalue weighted by molar-refractivity contribution is 5.95. The van der Waals surface area contributed by atoms with Crippen LogP contribution in [0.1, 0.15) is 5.56 Å². The van der Waals surface area contributed by atoms with Gasteiger partial charge in [-0.1, -0.05) is 30.3 Å². The van der Waals surface area contributed by atoms with Gasteiger partial charge in [-0.05, 0) is 5.56 Å². The van der Waals surface area contributed by atoms with Crippen LogP contribution in [0.2, 0.25) is 0 Å². The van der Waals surface area contributed by atoms with E-state index >= 15 is 0 Å². The molecule has 0 unspecified atom stereocenters. The number of nitrogens with one attached hydrogen (secondary N) is 3. The Morgan fingerprint density at radius 2 is 1.48 bits per heavy atom. The second kappa shape index (κ2) is 9.75. The molecule has 0 spiro atoms. The molecule has 8 nitrogen and oxygen atoms in total. The summed E-state index contributed by atoms with van der Waals surface area (Å²) >= 11 is 0. The van der Waals surface area contributed by atoms with Crippen molar-refractivity contribution in [3.05, 3.63) is 35.9 Å². The van der Waals surface area contributed by atoms with Crippen LogP contribution < -0.4 is 16.0 Å². The van der Waals surface area contributed by atoms with Gasteiger partial charge in [0.1, 0.15) is 0 Å². The average Bonchev–Trinajstić information content (AvgIpc) is 2.62. The minimum Gasteiger partial charge on any atom is -0.351 e. The van der Waals surface area contributed by atoms with Gasteiger partial charge in [0.05, 0.1) is 13.1 Å². The van der Waals surface area contributed by atoms with Crippen LogP contribution in [0.15, 0.2) is 30.3 Å². The minimum absolute atomic E-state index is 0.00494. The number of hydrogen-bond acceptors (Lipinski definition) is 5.